The van der Waals surface area contributed by atoms with E-state index in [9.17, 15) is 13.6 Å². The minimum atomic E-state index is -3.17. The minimum absolute atomic E-state index is 0.00219. The Morgan fingerprint density at radius 3 is 2.87 bits per heavy atom. The first-order valence-electron chi connectivity index (χ1n) is 10.7. The van der Waals surface area contributed by atoms with Gasteiger partial charge in [0.15, 0.2) is 0 Å². The molecule has 1 unspecified atom stereocenters. The topological polar surface area (TPSA) is 76.7 Å². The van der Waals surface area contributed by atoms with Crippen molar-refractivity contribution in [3.8, 4) is 0 Å². The predicted octanol–water partition coefficient (Wildman–Crippen LogP) is 4.88. The molecule has 0 heterocycles. The second-order valence-corrected chi connectivity index (χ2v) is 7.68. The molecular formula is C23H33F2N3O2. The van der Waals surface area contributed by atoms with Gasteiger partial charge in [0.25, 0.3) is 5.91 Å². The zero-order chi connectivity index (χ0) is 22.0. The lowest BCUT2D eigenvalue weighted by Crippen LogP contribution is -2.31. The molecule has 0 radical (unpaired) electrons. The van der Waals surface area contributed by atoms with E-state index in [1.54, 1.807) is 18.3 Å². The van der Waals surface area contributed by atoms with Crippen LogP contribution in [0.2, 0.25) is 0 Å². The quantitative estimate of drug-likeness (QED) is 0.258. The van der Waals surface area contributed by atoms with Crippen LogP contribution in [0.15, 0.2) is 29.3 Å². The van der Waals surface area contributed by atoms with Crippen molar-refractivity contribution in [3.63, 3.8) is 0 Å². The molecule has 1 aromatic carbocycles. The highest BCUT2D eigenvalue weighted by Crippen LogP contribution is 2.22. The van der Waals surface area contributed by atoms with Gasteiger partial charge < -0.3 is 15.8 Å². The number of carbonyl (C=O) groups excluding carboxylic acids is 1. The summed E-state index contributed by atoms with van der Waals surface area (Å²) < 4.78 is 30.7. The highest BCUT2D eigenvalue weighted by molar-refractivity contribution is 6.00. The van der Waals surface area contributed by atoms with Gasteiger partial charge in [-0.1, -0.05) is 19.1 Å². The zero-order valence-corrected chi connectivity index (χ0v) is 17.9. The van der Waals surface area contributed by atoms with Crippen molar-refractivity contribution < 1.29 is 18.3 Å². The van der Waals surface area contributed by atoms with Crippen LogP contribution in [-0.4, -0.2) is 37.9 Å². The first kappa shape index (κ1) is 24.0. The molecule has 0 aliphatic heterocycles. The first-order valence-corrected chi connectivity index (χ1v) is 10.7. The number of nitrogens with two attached hydrogens (primary N) is 1. The lowest BCUT2D eigenvalue weighted by atomic mass is 9.94. The molecule has 3 N–H and O–H groups in total. The Bertz CT molecular complexity index is 763. The van der Waals surface area contributed by atoms with Crippen LogP contribution >= 0.6 is 0 Å². The van der Waals surface area contributed by atoms with Gasteiger partial charge in [-0.25, -0.2) is 0 Å². The van der Waals surface area contributed by atoms with E-state index in [1.807, 2.05) is 6.92 Å². The number of hydrogen-bond acceptors (Lipinski definition) is 4. The molecule has 2 rings (SSSR count). The standard InChI is InChI=1S/C23H33F2N3O2/c1-3-23(24,25)30-14-13-28-22(29)19-11-12-21(26)20(17(19)2)16-27-15-18-9-7-5-4-6-8-10-18/h4-5,11-12,16,18H,3,6-10,13-15,26H2,1-2H3,(H,28,29). The normalized spacial score (nSPS) is 17.7. The van der Waals surface area contributed by atoms with Crippen molar-refractivity contribution in [2.75, 3.05) is 25.4 Å². The number of rotatable bonds is 9. The summed E-state index contributed by atoms with van der Waals surface area (Å²) in [4.78, 5) is 17.1. The summed E-state index contributed by atoms with van der Waals surface area (Å²) >= 11 is 0. The Balaban J connectivity index is 1.96. The van der Waals surface area contributed by atoms with Crippen molar-refractivity contribution in [2.24, 2.45) is 10.9 Å². The van der Waals surface area contributed by atoms with Gasteiger partial charge in [-0.2, -0.15) is 8.78 Å². The summed E-state index contributed by atoms with van der Waals surface area (Å²) in [5.74, 6) is 0.206. The molecule has 1 aliphatic carbocycles. The van der Waals surface area contributed by atoms with Crippen LogP contribution in [-0.2, 0) is 4.74 Å². The zero-order valence-electron chi connectivity index (χ0n) is 17.9. The number of allylic oxidation sites excluding steroid dienone is 2. The van der Waals surface area contributed by atoms with Crippen molar-refractivity contribution in [2.45, 2.75) is 58.5 Å². The van der Waals surface area contributed by atoms with Crippen molar-refractivity contribution in [1.82, 2.24) is 5.32 Å². The third-order valence-electron chi connectivity index (χ3n) is 5.38. The number of aliphatic imine (C=N–C) groups is 1. The number of halogens is 2. The van der Waals surface area contributed by atoms with E-state index in [-0.39, 0.29) is 19.1 Å². The molecule has 0 saturated carbocycles. The summed E-state index contributed by atoms with van der Waals surface area (Å²) in [7, 11) is 0. The number of anilines is 1. The highest BCUT2D eigenvalue weighted by Gasteiger charge is 2.26. The summed E-state index contributed by atoms with van der Waals surface area (Å²) in [5, 5.41) is 2.61. The smallest absolute Gasteiger partial charge is 0.355 e. The second kappa shape index (κ2) is 11.8. The fourth-order valence-corrected chi connectivity index (χ4v) is 3.44. The van der Waals surface area contributed by atoms with Crippen LogP contribution in [0.3, 0.4) is 0 Å². The van der Waals surface area contributed by atoms with Crippen molar-refractivity contribution in [3.05, 3.63) is 41.0 Å². The van der Waals surface area contributed by atoms with E-state index in [0.29, 0.717) is 17.2 Å². The molecule has 0 aromatic heterocycles. The summed E-state index contributed by atoms with van der Waals surface area (Å²) in [6, 6.07) is 3.31. The molecule has 1 atom stereocenters. The number of benzene rings is 1. The van der Waals surface area contributed by atoms with Crippen LogP contribution in [0.4, 0.5) is 14.5 Å². The van der Waals surface area contributed by atoms with E-state index < -0.39 is 12.5 Å². The lowest BCUT2D eigenvalue weighted by Gasteiger charge is -2.16. The summed E-state index contributed by atoms with van der Waals surface area (Å²) in [6.45, 7) is 3.64. The van der Waals surface area contributed by atoms with E-state index in [4.69, 9.17) is 5.73 Å². The average molecular weight is 422 g/mol. The Morgan fingerprint density at radius 1 is 1.33 bits per heavy atom. The SMILES string of the molecule is CCC(F)(F)OCCNC(=O)c1ccc(N)c(C=NCC2CCC=CCCC2)c1C. The molecule has 0 spiro atoms. The predicted molar refractivity (Wildman–Crippen MR) is 117 cm³/mol. The van der Waals surface area contributed by atoms with E-state index in [1.165, 1.54) is 13.3 Å². The largest absolute Gasteiger partial charge is 0.398 e. The fraction of sp³-hybridized carbons (Fsp3) is 0.565. The van der Waals surface area contributed by atoms with E-state index >= 15 is 0 Å². The van der Waals surface area contributed by atoms with Gasteiger partial charge in [0, 0.05) is 42.5 Å². The van der Waals surface area contributed by atoms with Gasteiger partial charge in [-0.15, -0.1) is 0 Å². The van der Waals surface area contributed by atoms with Gasteiger partial charge in [0.2, 0.25) is 0 Å². The van der Waals surface area contributed by atoms with Crippen LogP contribution in [0.25, 0.3) is 0 Å². The van der Waals surface area contributed by atoms with Gasteiger partial charge in [0.1, 0.15) is 0 Å². The number of nitrogens with one attached hydrogen (secondary N) is 1. The molecule has 7 heteroatoms. The fourth-order valence-electron chi connectivity index (χ4n) is 3.44. The molecule has 30 heavy (non-hydrogen) atoms. The number of amides is 1. The van der Waals surface area contributed by atoms with Crippen molar-refractivity contribution >= 4 is 17.8 Å². The number of alkyl halides is 2. The molecule has 0 bridgehead atoms. The minimum Gasteiger partial charge on any atom is -0.398 e. The summed E-state index contributed by atoms with van der Waals surface area (Å²) in [6.07, 6.45) is 8.37. The molecule has 0 saturated heterocycles. The van der Waals surface area contributed by atoms with Gasteiger partial charge >= 0.3 is 6.11 Å². The van der Waals surface area contributed by atoms with Gasteiger partial charge in [0.05, 0.1) is 6.61 Å². The van der Waals surface area contributed by atoms with Crippen LogP contribution in [0, 0.1) is 12.8 Å². The van der Waals surface area contributed by atoms with E-state index in [2.05, 4.69) is 27.2 Å². The lowest BCUT2D eigenvalue weighted by molar-refractivity contribution is -0.238. The molecule has 5 nitrogen and oxygen atoms in total. The third-order valence-corrected chi connectivity index (χ3v) is 5.38. The molecule has 1 aromatic rings. The number of ether oxygens (including phenoxy) is 1. The molecule has 166 valence electrons. The Kier molecular flexibility index (Phi) is 9.43. The number of hydrogen-bond donors (Lipinski definition) is 2. The number of nitrogen functional groups attached to an aromatic ring is 1. The molecular weight excluding hydrogens is 388 g/mol. The average Bonchev–Trinajstić information content (AvgIpc) is 2.69. The first-order chi connectivity index (χ1) is 14.3. The summed E-state index contributed by atoms with van der Waals surface area (Å²) in [5.41, 5.74) is 8.55. The maximum atomic E-state index is 13.1. The second-order valence-electron chi connectivity index (χ2n) is 7.68. The molecule has 0 fully saturated rings. The third kappa shape index (κ3) is 7.52. The van der Waals surface area contributed by atoms with Gasteiger partial charge in [-0.05, 0) is 62.6 Å². The van der Waals surface area contributed by atoms with Gasteiger partial charge in [-0.3, -0.25) is 9.79 Å². The molecule has 1 aliphatic rings. The van der Waals surface area contributed by atoms with E-state index in [0.717, 1.165) is 43.4 Å². The monoisotopic (exact) mass is 421 g/mol. The van der Waals surface area contributed by atoms with Crippen molar-refractivity contribution in [1.29, 1.82) is 0 Å². The Hall–Kier alpha value is -2.28. The van der Waals surface area contributed by atoms with Crippen LogP contribution in [0.5, 0.6) is 0 Å². The van der Waals surface area contributed by atoms with Crippen LogP contribution in [0.1, 0.15) is 66.9 Å². The number of carbonyl (C=O) groups is 1. The maximum absolute atomic E-state index is 13.1. The van der Waals surface area contributed by atoms with Crippen LogP contribution < -0.4 is 11.1 Å². The highest BCUT2D eigenvalue weighted by atomic mass is 19.3. The molecule has 1 amide bonds. The number of nitrogens with zero attached hydrogens (tertiary/aromatic N) is 1. The Morgan fingerprint density at radius 2 is 2.10 bits per heavy atom. The maximum Gasteiger partial charge on any atom is 0.355 e. The Labute approximate surface area is 177 Å².